The topological polar surface area (TPSA) is 84.9 Å². The molecule has 23 heavy (non-hydrogen) atoms. The molecule has 0 radical (unpaired) electrons. The zero-order valence-corrected chi connectivity index (χ0v) is 14.1. The average molecular weight is 323 g/mol. The second-order valence-corrected chi connectivity index (χ2v) is 5.33. The van der Waals surface area contributed by atoms with Crippen molar-refractivity contribution < 1.29 is 24.2 Å². The third-order valence-electron chi connectivity index (χ3n) is 3.57. The van der Waals surface area contributed by atoms with Gasteiger partial charge in [0.15, 0.2) is 6.04 Å². The average Bonchev–Trinajstić information content (AvgIpc) is 2.51. The van der Waals surface area contributed by atoms with Crippen molar-refractivity contribution in [1.82, 2.24) is 5.32 Å². The van der Waals surface area contributed by atoms with Gasteiger partial charge < -0.3 is 19.9 Å². The first-order valence-corrected chi connectivity index (χ1v) is 7.66. The van der Waals surface area contributed by atoms with Crippen molar-refractivity contribution in [3.05, 3.63) is 34.9 Å². The standard InChI is InChI=1S/C17H25NO5/c1-5-22-8-9-23-13(4)16(19)18-15(17(20)21)14-7-6-11(2)12(3)10-14/h6-7,10,13,15H,5,8-9H2,1-4H3,(H,18,19)(H,20,21). The minimum atomic E-state index is -1.11. The maximum absolute atomic E-state index is 12.1. The van der Waals surface area contributed by atoms with Gasteiger partial charge in [0.25, 0.3) is 0 Å². The van der Waals surface area contributed by atoms with Crippen LogP contribution in [0.2, 0.25) is 0 Å². The number of hydrogen-bond donors (Lipinski definition) is 2. The van der Waals surface area contributed by atoms with E-state index in [9.17, 15) is 14.7 Å². The van der Waals surface area contributed by atoms with Gasteiger partial charge in [-0.05, 0) is 44.4 Å². The van der Waals surface area contributed by atoms with E-state index >= 15 is 0 Å². The van der Waals surface area contributed by atoms with Crippen LogP contribution in [0.5, 0.6) is 0 Å². The Hall–Kier alpha value is -1.92. The summed E-state index contributed by atoms with van der Waals surface area (Å²) in [5, 5.41) is 11.9. The number of carboxylic acids is 1. The lowest BCUT2D eigenvalue weighted by Crippen LogP contribution is -2.40. The van der Waals surface area contributed by atoms with E-state index in [1.165, 1.54) is 0 Å². The van der Waals surface area contributed by atoms with Gasteiger partial charge >= 0.3 is 5.97 Å². The van der Waals surface area contributed by atoms with Crippen LogP contribution in [0.4, 0.5) is 0 Å². The minimum absolute atomic E-state index is 0.282. The van der Waals surface area contributed by atoms with E-state index in [1.54, 1.807) is 19.1 Å². The molecule has 0 aliphatic rings. The zero-order chi connectivity index (χ0) is 17.4. The first-order valence-electron chi connectivity index (χ1n) is 7.66. The second kappa shape index (κ2) is 9.27. The molecule has 0 bridgehead atoms. The Morgan fingerprint density at radius 3 is 2.48 bits per heavy atom. The number of aliphatic carboxylic acids is 1. The lowest BCUT2D eigenvalue weighted by atomic mass is 10.0. The summed E-state index contributed by atoms with van der Waals surface area (Å²) in [5.74, 6) is -1.57. The van der Waals surface area contributed by atoms with Crippen molar-refractivity contribution in [2.45, 2.75) is 39.8 Å². The predicted molar refractivity (Wildman–Crippen MR) is 86.3 cm³/mol. The van der Waals surface area contributed by atoms with Gasteiger partial charge in [0.05, 0.1) is 13.2 Å². The van der Waals surface area contributed by atoms with Crippen LogP contribution in [-0.4, -0.2) is 42.9 Å². The maximum atomic E-state index is 12.1. The molecule has 0 aliphatic carbocycles. The first kappa shape index (κ1) is 19.1. The Balaban J connectivity index is 2.70. The summed E-state index contributed by atoms with van der Waals surface area (Å²) in [5.41, 5.74) is 2.58. The van der Waals surface area contributed by atoms with Crippen molar-refractivity contribution in [2.75, 3.05) is 19.8 Å². The van der Waals surface area contributed by atoms with Crippen molar-refractivity contribution in [1.29, 1.82) is 0 Å². The van der Waals surface area contributed by atoms with E-state index in [0.29, 0.717) is 18.8 Å². The normalized spacial score (nSPS) is 13.4. The van der Waals surface area contributed by atoms with E-state index < -0.39 is 24.0 Å². The molecule has 0 aromatic heterocycles. The van der Waals surface area contributed by atoms with E-state index in [2.05, 4.69) is 5.32 Å². The highest BCUT2D eigenvalue weighted by molar-refractivity contribution is 5.86. The quantitative estimate of drug-likeness (QED) is 0.679. The number of carbonyl (C=O) groups excluding carboxylic acids is 1. The summed E-state index contributed by atoms with van der Waals surface area (Å²) in [4.78, 5) is 23.6. The lowest BCUT2D eigenvalue weighted by Gasteiger charge is -2.19. The fourth-order valence-electron chi connectivity index (χ4n) is 2.00. The molecule has 2 unspecified atom stereocenters. The minimum Gasteiger partial charge on any atom is -0.479 e. The number of aryl methyl sites for hydroxylation is 2. The SMILES string of the molecule is CCOCCOC(C)C(=O)NC(C(=O)O)c1ccc(C)c(C)c1. The number of benzene rings is 1. The highest BCUT2D eigenvalue weighted by atomic mass is 16.5. The molecule has 6 nitrogen and oxygen atoms in total. The number of ether oxygens (including phenoxy) is 2. The highest BCUT2D eigenvalue weighted by Crippen LogP contribution is 2.18. The van der Waals surface area contributed by atoms with Gasteiger partial charge in [0.2, 0.25) is 5.91 Å². The van der Waals surface area contributed by atoms with Crippen molar-refractivity contribution >= 4 is 11.9 Å². The van der Waals surface area contributed by atoms with Gasteiger partial charge in [-0.3, -0.25) is 4.79 Å². The van der Waals surface area contributed by atoms with Crippen LogP contribution in [0.1, 0.15) is 36.6 Å². The molecular formula is C17H25NO5. The number of carboxylic acid groups (broad SMARTS) is 1. The molecule has 6 heteroatoms. The van der Waals surface area contributed by atoms with Gasteiger partial charge in [-0.1, -0.05) is 18.2 Å². The van der Waals surface area contributed by atoms with E-state index in [0.717, 1.165) is 11.1 Å². The Bertz CT molecular complexity index is 544. The molecule has 0 aliphatic heterocycles. The van der Waals surface area contributed by atoms with E-state index in [-0.39, 0.29) is 6.61 Å². The fraction of sp³-hybridized carbons (Fsp3) is 0.529. The molecule has 1 rings (SSSR count). The van der Waals surface area contributed by atoms with Gasteiger partial charge in [0, 0.05) is 6.61 Å². The third kappa shape index (κ3) is 6.00. The fourth-order valence-corrected chi connectivity index (χ4v) is 2.00. The number of nitrogens with one attached hydrogen (secondary N) is 1. The van der Waals surface area contributed by atoms with Crippen molar-refractivity contribution in [3.63, 3.8) is 0 Å². The summed E-state index contributed by atoms with van der Waals surface area (Å²) in [6.45, 7) is 8.56. The molecule has 0 spiro atoms. The Morgan fingerprint density at radius 1 is 1.22 bits per heavy atom. The van der Waals surface area contributed by atoms with Crippen LogP contribution in [-0.2, 0) is 19.1 Å². The number of carbonyl (C=O) groups is 2. The van der Waals surface area contributed by atoms with Crippen molar-refractivity contribution in [2.24, 2.45) is 0 Å². The van der Waals surface area contributed by atoms with Gasteiger partial charge in [-0.25, -0.2) is 4.79 Å². The maximum Gasteiger partial charge on any atom is 0.330 e. The smallest absolute Gasteiger partial charge is 0.330 e. The van der Waals surface area contributed by atoms with E-state index in [4.69, 9.17) is 9.47 Å². The summed E-state index contributed by atoms with van der Waals surface area (Å²) in [7, 11) is 0. The second-order valence-electron chi connectivity index (χ2n) is 5.33. The van der Waals surface area contributed by atoms with E-state index in [1.807, 2.05) is 26.8 Å². The molecule has 0 saturated heterocycles. The molecule has 128 valence electrons. The van der Waals surface area contributed by atoms with Crippen LogP contribution >= 0.6 is 0 Å². The molecule has 0 heterocycles. The number of rotatable bonds is 9. The first-order chi connectivity index (χ1) is 10.9. The lowest BCUT2D eigenvalue weighted by molar-refractivity contribution is -0.144. The monoisotopic (exact) mass is 323 g/mol. The third-order valence-corrected chi connectivity index (χ3v) is 3.57. The molecule has 0 saturated carbocycles. The Labute approximate surface area is 136 Å². The summed E-state index contributed by atoms with van der Waals surface area (Å²) in [6, 6.07) is 4.23. The molecule has 2 atom stereocenters. The molecule has 1 aromatic rings. The molecular weight excluding hydrogens is 298 g/mol. The number of hydrogen-bond acceptors (Lipinski definition) is 4. The van der Waals surface area contributed by atoms with Gasteiger partial charge in [0.1, 0.15) is 6.10 Å². The van der Waals surface area contributed by atoms with Gasteiger partial charge in [-0.2, -0.15) is 0 Å². The Morgan fingerprint density at radius 2 is 1.91 bits per heavy atom. The predicted octanol–water partition coefficient (Wildman–Crippen LogP) is 1.99. The van der Waals surface area contributed by atoms with Crippen LogP contribution in [0.15, 0.2) is 18.2 Å². The van der Waals surface area contributed by atoms with Gasteiger partial charge in [-0.15, -0.1) is 0 Å². The number of amides is 1. The van der Waals surface area contributed by atoms with Crippen molar-refractivity contribution in [3.8, 4) is 0 Å². The van der Waals surface area contributed by atoms with Crippen LogP contribution in [0.3, 0.4) is 0 Å². The zero-order valence-electron chi connectivity index (χ0n) is 14.1. The van der Waals surface area contributed by atoms with Crippen LogP contribution < -0.4 is 5.32 Å². The molecule has 2 N–H and O–H groups in total. The summed E-state index contributed by atoms with van der Waals surface area (Å²) < 4.78 is 10.5. The molecule has 1 amide bonds. The summed E-state index contributed by atoms with van der Waals surface area (Å²) in [6.07, 6.45) is -0.746. The molecule has 0 fully saturated rings. The largest absolute Gasteiger partial charge is 0.479 e. The summed E-state index contributed by atoms with van der Waals surface area (Å²) >= 11 is 0. The van der Waals surface area contributed by atoms with Crippen LogP contribution in [0.25, 0.3) is 0 Å². The van der Waals surface area contributed by atoms with Crippen LogP contribution in [0, 0.1) is 13.8 Å². The Kier molecular flexibility index (Phi) is 7.71. The highest BCUT2D eigenvalue weighted by Gasteiger charge is 2.25. The molecule has 1 aromatic carbocycles.